The van der Waals surface area contributed by atoms with Gasteiger partial charge < -0.3 is 5.32 Å². The maximum absolute atomic E-state index is 5.96. The molecule has 106 valence electrons. The Kier molecular flexibility index (Phi) is 4.77. The molecule has 3 rings (SSSR count). The average molecular weight is 306 g/mol. The molecule has 0 unspecified atom stereocenters. The highest BCUT2D eigenvalue weighted by molar-refractivity contribution is 7.16. The van der Waals surface area contributed by atoms with Gasteiger partial charge in [-0.25, -0.2) is 0 Å². The van der Waals surface area contributed by atoms with Crippen LogP contribution in [0.25, 0.3) is 0 Å². The number of benzene rings is 1. The predicted molar refractivity (Wildman–Crippen MR) is 87.6 cm³/mol. The van der Waals surface area contributed by atoms with Crippen molar-refractivity contribution >= 4 is 22.9 Å². The Morgan fingerprint density at radius 2 is 1.75 bits per heavy atom. The molecule has 0 spiro atoms. The fourth-order valence-corrected chi connectivity index (χ4v) is 4.09. The molecule has 0 radical (unpaired) electrons. The van der Waals surface area contributed by atoms with Crippen LogP contribution in [0.3, 0.4) is 0 Å². The van der Waals surface area contributed by atoms with Crippen LogP contribution in [0.1, 0.15) is 42.0 Å². The molecule has 1 aliphatic carbocycles. The Bertz CT molecular complexity index is 529. The van der Waals surface area contributed by atoms with Crippen LogP contribution in [0.2, 0.25) is 4.34 Å². The summed E-state index contributed by atoms with van der Waals surface area (Å²) in [5.74, 6) is 0.755. The van der Waals surface area contributed by atoms with E-state index in [-0.39, 0.29) is 0 Å². The number of hydrogen-bond acceptors (Lipinski definition) is 2. The van der Waals surface area contributed by atoms with Gasteiger partial charge in [-0.15, -0.1) is 11.3 Å². The molecular weight excluding hydrogens is 286 g/mol. The largest absolute Gasteiger partial charge is 0.309 e. The Labute approximate surface area is 130 Å². The average Bonchev–Trinajstić information content (AvgIpc) is 2.92. The molecule has 1 aromatic carbocycles. The number of halogens is 1. The van der Waals surface area contributed by atoms with E-state index < -0.39 is 0 Å². The Balaban J connectivity index is 1.47. The molecule has 1 saturated carbocycles. The van der Waals surface area contributed by atoms with Crippen LogP contribution in [-0.2, 0) is 6.54 Å². The second-order valence-electron chi connectivity index (χ2n) is 5.55. The van der Waals surface area contributed by atoms with Gasteiger partial charge in [0.1, 0.15) is 0 Å². The second kappa shape index (κ2) is 6.75. The Morgan fingerprint density at radius 1 is 1.00 bits per heavy atom. The van der Waals surface area contributed by atoms with Gasteiger partial charge in [-0.1, -0.05) is 41.9 Å². The minimum Gasteiger partial charge on any atom is -0.309 e. The zero-order valence-corrected chi connectivity index (χ0v) is 13.1. The highest BCUT2D eigenvalue weighted by Gasteiger charge is 2.21. The molecular formula is C17H20ClNS. The molecule has 0 bridgehead atoms. The van der Waals surface area contributed by atoms with Crippen molar-refractivity contribution in [2.24, 2.45) is 0 Å². The van der Waals surface area contributed by atoms with E-state index in [1.54, 1.807) is 11.3 Å². The highest BCUT2D eigenvalue weighted by atomic mass is 35.5. The highest BCUT2D eigenvalue weighted by Crippen LogP contribution is 2.33. The van der Waals surface area contributed by atoms with Gasteiger partial charge in [0, 0.05) is 17.5 Å². The number of thiophene rings is 1. The summed E-state index contributed by atoms with van der Waals surface area (Å²) in [5, 5.41) is 3.67. The van der Waals surface area contributed by atoms with Gasteiger partial charge in [0.2, 0.25) is 0 Å². The quantitative estimate of drug-likeness (QED) is 0.817. The number of rotatable bonds is 4. The molecule has 1 fully saturated rings. The zero-order chi connectivity index (χ0) is 13.8. The van der Waals surface area contributed by atoms with Crippen LogP contribution in [0.4, 0.5) is 0 Å². The number of hydrogen-bond donors (Lipinski definition) is 1. The minimum atomic E-state index is 0.663. The lowest BCUT2D eigenvalue weighted by Gasteiger charge is -2.29. The van der Waals surface area contributed by atoms with Gasteiger partial charge in [-0.3, -0.25) is 0 Å². The number of nitrogens with one attached hydrogen (secondary N) is 1. The third kappa shape index (κ3) is 3.63. The van der Waals surface area contributed by atoms with Crippen molar-refractivity contribution in [3.8, 4) is 0 Å². The van der Waals surface area contributed by atoms with Crippen molar-refractivity contribution in [1.29, 1.82) is 0 Å². The molecule has 0 aliphatic heterocycles. The topological polar surface area (TPSA) is 12.0 Å². The Morgan fingerprint density at radius 3 is 2.40 bits per heavy atom. The molecule has 1 aromatic heterocycles. The maximum atomic E-state index is 5.96. The van der Waals surface area contributed by atoms with Crippen LogP contribution in [0, 0.1) is 0 Å². The third-order valence-electron chi connectivity index (χ3n) is 4.19. The molecule has 1 N–H and O–H groups in total. The summed E-state index contributed by atoms with van der Waals surface area (Å²) in [6.07, 6.45) is 5.15. The van der Waals surface area contributed by atoms with Gasteiger partial charge in [0.15, 0.2) is 0 Å². The summed E-state index contributed by atoms with van der Waals surface area (Å²) in [5.41, 5.74) is 1.51. The van der Waals surface area contributed by atoms with Crippen molar-refractivity contribution in [3.05, 3.63) is 57.2 Å². The van der Waals surface area contributed by atoms with E-state index in [1.165, 1.54) is 36.1 Å². The van der Waals surface area contributed by atoms with E-state index in [1.807, 2.05) is 6.07 Å². The van der Waals surface area contributed by atoms with Crippen molar-refractivity contribution in [2.75, 3.05) is 0 Å². The molecule has 0 amide bonds. The van der Waals surface area contributed by atoms with Crippen molar-refractivity contribution < 1.29 is 0 Å². The third-order valence-corrected chi connectivity index (χ3v) is 5.42. The van der Waals surface area contributed by atoms with Crippen molar-refractivity contribution in [2.45, 2.75) is 44.2 Å². The first-order chi connectivity index (χ1) is 9.81. The van der Waals surface area contributed by atoms with E-state index in [4.69, 9.17) is 11.6 Å². The van der Waals surface area contributed by atoms with E-state index in [2.05, 4.69) is 41.7 Å². The summed E-state index contributed by atoms with van der Waals surface area (Å²) in [7, 11) is 0. The lowest BCUT2D eigenvalue weighted by molar-refractivity contribution is 0.342. The smallest absolute Gasteiger partial charge is 0.0931 e. The van der Waals surface area contributed by atoms with E-state index in [0.717, 1.165) is 16.8 Å². The van der Waals surface area contributed by atoms with Crippen LogP contribution in [-0.4, -0.2) is 6.04 Å². The van der Waals surface area contributed by atoms with Crippen LogP contribution in [0.15, 0.2) is 42.5 Å². The lowest BCUT2D eigenvalue weighted by atomic mass is 9.82. The lowest BCUT2D eigenvalue weighted by Crippen LogP contribution is -2.32. The van der Waals surface area contributed by atoms with E-state index in [0.29, 0.717) is 6.04 Å². The van der Waals surface area contributed by atoms with Gasteiger partial charge in [0.05, 0.1) is 4.34 Å². The fraction of sp³-hybridized carbons (Fsp3) is 0.412. The van der Waals surface area contributed by atoms with Gasteiger partial charge in [-0.05, 0) is 49.3 Å². The first-order valence-corrected chi connectivity index (χ1v) is 8.53. The molecule has 1 nitrogen and oxygen atoms in total. The summed E-state index contributed by atoms with van der Waals surface area (Å²) in [6.45, 7) is 0.956. The van der Waals surface area contributed by atoms with Crippen molar-refractivity contribution in [3.63, 3.8) is 0 Å². The van der Waals surface area contributed by atoms with E-state index >= 15 is 0 Å². The zero-order valence-electron chi connectivity index (χ0n) is 11.5. The van der Waals surface area contributed by atoms with Crippen LogP contribution in [0.5, 0.6) is 0 Å². The molecule has 3 heteroatoms. The monoisotopic (exact) mass is 305 g/mol. The minimum absolute atomic E-state index is 0.663. The van der Waals surface area contributed by atoms with Crippen molar-refractivity contribution in [1.82, 2.24) is 5.32 Å². The predicted octanol–water partition coefficient (Wildman–Crippen LogP) is 5.22. The van der Waals surface area contributed by atoms with Gasteiger partial charge >= 0.3 is 0 Å². The normalized spacial score (nSPS) is 22.9. The van der Waals surface area contributed by atoms with Gasteiger partial charge in [0.25, 0.3) is 0 Å². The maximum Gasteiger partial charge on any atom is 0.0931 e. The first-order valence-electron chi connectivity index (χ1n) is 7.34. The molecule has 0 saturated heterocycles. The standard InChI is InChI=1S/C17H20ClNS/c18-17-11-10-16(20-17)12-19-15-8-6-14(7-9-15)13-4-2-1-3-5-13/h1-5,10-11,14-15,19H,6-9,12H2. The molecule has 0 atom stereocenters. The van der Waals surface area contributed by atoms with E-state index in [9.17, 15) is 0 Å². The summed E-state index contributed by atoms with van der Waals surface area (Å²) in [4.78, 5) is 1.33. The SMILES string of the molecule is Clc1ccc(CNC2CCC(c3ccccc3)CC2)s1. The summed E-state index contributed by atoms with van der Waals surface area (Å²) >= 11 is 7.64. The molecule has 2 aromatic rings. The van der Waals surface area contributed by atoms with Crippen LogP contribution < -0.4 is 5.32 Å². The fourth-order valence-electron chi connectivity index (χ4n) is 3.05. The van der Waals surface area contributed by atoms with Gasteiger partial charge in [-0.2, -0.15) is 0 Å². The molecule has 1 aliphatic rings. The first kappa shape index (κ1) is 14.1. The Hall–Kier alpha value is -0.830. The second-order valence-corrected chi connectivity index (χ2v) is 7.35. The van der Waals surface area contributed by atoms with Crippen LogP contribution >= 0.6 is 22.9 Å². The summed E-state index contributed by atoms with van der Waals surface area (Å²) < 4.78 is 0.884. The summed E-state index contributed by atoms with van der Waals surface area (Å²) in [6, 6.07) is 15.7. The molecule has 20 heavy (non-hydrogen) atoms. The molecule has 1 heterocycles.